The first-order valence-corrected chi connectivity index (χ1v) is 14.0. The third-order valence-electron chi connectivity index (χ3n) is 7.31. The van der Waals surface area contributed by atoms with Crippen LogP contribution < -0.4 is 0 Å². The zero-order chi connectivity index (χ0) is 25.9. The van der Waals surface area contributed by atoms with Gasteiger partial charge in [0.25, 0.3) is 0 Å². The van der Waals surface area contributed by atoms with Crippen molar-refractivity contribution in [1.29, 1.82) is 0 Å². The predicted molar refractivity (Wildman–Crippen MR) is 160 cm³/mol. The van der Waals surface area contributed by atoms with Gasteiger partial charge in [0.05, 0.1) is 5.69 Å². The first-order chi connectivity index (χ1) is 17.7. The van der Waals surface area contributed by atoms with E-state index in [4.69, 9.17) is 9.40 Å². The highest BCUT2D eigenvalue weighted by Crippen LogP contribution is 2.42. The van der Waals surface area contributed by atoms with Gasteiger partial charge in [-0.1, -0.05) is 71.0 Å². The Morgan fingerprint density at radius 1 is 0.892 bits per heavy atom. The Kier molecular flexibility index (Phi) is 5.72. The van der Waals surface area contributed by atoms with E-state index >= 15 is 0 Å². The Morgan fingerprint density at radius 3 is 2.46 bits per heavy atom. The first kappa shape index (κ1) is 23.9. The van der Waals surface area contributed by atoms with Gasteiger partial charge in [-0.3, -0.25) is 4.98 Å². The topological polar surface area (TPSA) is 26.0 Å². The highest BCUT2D eigenvalue weighted by atomic mass is 32.1. The van der Waals surface area contributed by atoms with E-state index in [-0.39, 0.29) is 5.41 Å². The van der Waals surface area contributed by atoms with Crippen molar-refractivity contribution in [3.63, 3.8) is 0 Å². The van der Waals surface area contributed by atoms with Crippen LogP contribution in [0.15, 0.2) is 77.3 Å². The predicted octanol–water partition coefficient (Wildman–Crippen LogP) is 10.3. The molecule has 3 heterocycles. The largest absolute Gasteiger partial charge is 0.456 e. The molecule has 0 spiro atoms. The van der Waals surface area contributed by atoms with Gasteiger partial charge < -0.3 is 4.42 Å². The zero-order valence-corrected chi connectivity index (χ0v) is 23.3. The number of nitrogens with zero attached hydrogens (tertiary/aromatic N) is 1. The molecule has 37 heavy (non-hydrogen) atoms. The average molecular weight is 504 g/mol. The molecule has 186 valence electrons. The summed E-state index contributed by atoms with van der Waals surface area (Å²) in [7, 11) is 0. The second-order valence-electron chi connectivity index (χ2n) is 11.6. The number of hydrogen-bond acceptors (Lipinski definition) is 3. The highest BCUT2D eigenvalue weighted by Gasteiger charge is 2.21. The molecule has 0 aliphatic rings. The van der Waals surface area contributed by atoms with Crippen molar-refractivity contribution in [3.8, 4) is 22.6 Å². The van der Waals surface area contributed by atoms with Crippen molar-refractivity contribution >= 4 is 43.2 Å². The average Bonchev–Trinajstić information content (AvgIpc) is 3.43. The number of hydrogen-bond donors (Lipinski definition) is 0. The molecule has 3 aromatic heterocycles. The van der Waals surface area contributed by atoms with Crippen molar-refractivity contribution in [1.82, 2.24) is 4.98 Å². The van der Waals surface area contributed by atoms with Crippen LogP contribution in [0.2, 0.25) is 0 Å². The fraction of sp³-hybridized carbons (Fsp3) is 0.265. The summed E-state index contributed by atoms with van der Waals surface area (Å²) in [4.78, 5) is 6.34. The van der Waals surface area contributed by atoms with E-state index in [1.54, 1.807) is 0 Å². The Labute approximate surface area is 223 Å². The second kappa shape index (κ2) is 8.85. The molecule has 0 N–H and O–H groups in total. The molecule has 0 saturated heterocycles. The minimum absolute atomic E-state index is 0.0193. The smallest absolute Gasteiger partial charge is 0.138 e. The molecule has 3 aromatic carbocycles. The van der Waals surface area contributed by atoms with Crippen LogP contribution in [0.3, 0.4) is 0 Å². The van der Waals surface area contributed by atoms with Gasteiger partial charge >= 0.3 is 0 Å². The van der Waals surface area contributed by atoms with Crippen molar-refractivity contribution < 1.29 is 4.42 Å². The van der Waals surface area contributed by atoms with Crippen LogP contribution in [-0.4, -0.2) is 4.98 Å². The van der Waals surface area contributed by atoms with Crippen LogP contribution in [0.5, 0.6) is 0 Å². The van der Waals surface area contributed by atoms with E-state index < -0.39 is 0 Å². The number of rotatable bonds is 4. The van der Waals surface area contributed by atoms with Gasteiger partial charge in [0, 0.05) is 32.3 Å². The van der Waals surface area contributed by atoms with Crippen LogP contribution in [-0.2, 0) is 11.8 Å². The maximum atomic E-state index is 6.51. The molecule has 0 aliphatic carbocycles. The summed E-state index contributed by atoms with van der Waals surface area (Å²) in [5, 5.41) is 4.93. The van der Waals surface area contributed by atoms with Gasteiger partial charge in [-0.05, 0) is 82.3 Å². The summed E-state index contributed by atoms with van der Waals surface area (Å²) in [6.07, 6.45) is 2.98. The molecular formula is C34H33NOS. The molecule has 0 unspecified atom stereocenters. The molecule has 6 rings (SSSR count). The molecule has 3 heteroatoms. The van der Waals surface area contributed by atoms with Crippen molar-refractivity contribution in [2.24, 2.45) is 5.92 Å². The quantitative estimate of drug-likeness (QED) is 0.239. The lowest BCUT2D eigenvalue weighted by Crippen LogP contribution is -2.12. The van der Waals surface area contributed by atoms with Gasteiger partial charge in [-0.15, -0.1) is 11.3 Å². The fourth-order valence-corrected chi connectivity index (χ4v) is 6.98. The van der Waals surface area contributed by atoms with Gasteiger partial charge in [-0.25, -0.2) is 0 Å². The SMILES string of the molecule is Cc1c(CC(C)C)sc2c(-c3cc4c(-c5cc(C(C)(C)C)c6ccccc6c5)nccc4o3)cccc12. The lowest BCUT2D eigenvalue weighted by Gasteiger charge is -2.22. The van der Waals surface area contributed by atoms with Crippen molar-refractivity contribution in [2.75, 3.05) is 0 Å². The third kappa shape index (κ3) is 4.16. The maximum Gasteiger partial charge on any atom is 0.138 e. The summed E-state index contributed by atoms with van der Waals surface area (Å²) < 4.78 is 7.82. The summed E-state index contributed by atoms with van der Waals surface area (Å²) >= 11 is 1.91. The van der Waals surface area contributed by atoms with E-state index in [1.807, 2.05) is 23.6 Å². The number of thiophene rings is 1. The molecule has 0 aliphatic heterocycles. The van der Waals surface area contributed by atoms with E-state index in [1.165, 1.54) is 36.9 Å². The summed E-state index contributed by atoms with van der Waals surface area (Å²) in [5.74, 6) is 1.54. The summed E-state index contributed by atoms with van der Waals surface area (Å²) in [5.41, 5.74) is 6.89. The van der Waals surface area contributed by atoms with Crippen LogP contribution in [0.1, 0.15) is 50.6 Å². The van der Waals surface area contributed by atoms with E-state index in [0.717, 1.165) is 40.0 Å². The van der Waals surface area contributed by atoms with E-state index in [9.17, 15) is 0 Å². The number of aromatic nitrogens is 1. The fourth-order valence-electron chi connectivity index (χ4n) is 5.45. The molecule has 6 aromatic rings. The minimum Gasteiger partial charge on any atom is -0.456 e. The molecule has 0 amide bonds. The van der Waals surface area contributed by atoms with Crippen LogP contribution in [0.4, 0.5) is 0 Å². The lowest BCUT2D eigenvalue weighted by molar-refractivity contribution is 0.596. The standard InChI is InChI=1S/C34H33NOS/c1-20(2)16-31-21(3)24-12-9-13-26(33(24)37-31)30-19-27-29(36-30)14-15-35-32(27)23-17-22-10-7-8-11-25(22)28(18-23)34(4,5)6/h7-15,17-20H,16H2,1-6H3. The normalized spacial score (nSPS) is 12.4. The molecule has 2 nitrogen and oxygen atoms in total. The number of furan rings is 1. The van der Waals surface area contributed by atoms with Gasteiger partial charge in [0.2, 0.25) is 0 Å². The van der Waals surface area contributed by atoms with Crippen molar-refractivity contribution in [3.05, 3.63) is 88.9 Å². The Morgan fingerprint density at radius 2 is 1.68 bits per heavy atom. The molecule has 0 saturated carbocycles. The Hall–Kier alpha value is -3.43. The molecule has 0 atom stereocenters. The highest BCUT2D eigenvalue weighted by molar-refractivity contribution is 7.19. The van der Waals surface area contributed by atoms with E-state index in [2.05, 4.69) is 102 Å². The summed E-state index contributed by atoms with van der Waals surface area (Å²) in [6.45, 7) is 13.7. The molecule has 0 radical (unpaired) electrons. The zero-order valence-electron chi connectivity index (χ0n) is 22.5. The number of fused-ring (bicyclic) bond motifs is 3. The van der Waals surface area contributed by atoms with Crippen molar-refractivity contribution in [2.45, 2.75) is 53.4 Å². The van der Waals surface area contributed by atoms with Crippen LogP contribution in [0.25, 0.3) is 54.4 Å². The Balaban J connectivity index is 1.54. The third-order valence-corrected chi connectivity index (χ3v) is 8.67. The van der Waals surface area contributed by atoms with E-state index in [0.29, 0.717) is 5.92 Å². The minimum atomic E-state index is 0.0193. The van der Waals surface area contributed by atoms with Crippen LogP contribution >= 0.6 is 11.3 Å². The number of pyridine rings is 1. The van der Waals surface area contributed by atoms with Crippen LogP contribution in [0, 0.1) is 12.8 Å². The molecular weight excluding hydrogens is 470 g/mol. The second-order valence-corrected chi connectivity index (χ2v) is 12.7. The van der Waals surface area contributed by atoms with Gasteiger partial charge in [0.15, 0.2) is 0 Å². The number of aryl methyl sites for hydroxylation is 1. The maximum absolute atomic E-state index is 6.51. The molecule has 0 bridgehead atoms. The molecule has 0 fully saturated rings. The number of benzene rings is 3. The Bertz CT molecular complexity index is 1780. The summed E-state index contributed by atoms with van der Waals surface area (Å²) in [6, 6.07) is 24.0. The first-order valence-electron chi connectivity index (χ1n) is 13.1. The lowest BCUT2D eigenvalue weighted by atomic mass is 9.82. The van der Waals surface area contributed by atoms with Gasteiger partial charge in [-0.2, -0.15) is 0 Å². The monoisotopic (exact) mass is 503 g/mol. The van der Waals surface area contributed by atoms with Gasteiger partial charge in [0.1, 0.15) is 11.3 Å².